The van der Waals surface area contributed by atoms with Crippen LogP contribution >= 0.6 is 0 Å². The first-order valence-corrected chi connectivity index (χ1v) is 14.7. The second-order valence-electron chi connectivity index (χ2n) is 11.7. The smallest absolute Gasteiger partial charge is 0.0550 e. The first-order chi connectivity index (χ1) is 15.7. The van der Waals surface area contributed by atoms with Crippen molar-refractivity contribution in [3.05, 3.63) is 0 Å². The van der Waals surface area contributed by atoms with Gasteiger partial charge in [0.2, 0.25) is 0 Å². The zero-order chi connectivity index (χ0) is 24.9. The first-order valence-electron chi connectivity index (χ1n) is 14.7. The van der Waals surface area contributed by atoms with Crippen molar-refractivity contribution in [3.63, 3.8) is 0 Å². The van der Waals surface area contributed by atoms with Crippen molar-refractivity contribution >= 4 is 0 Å². The van der Waals surface area contributed by atoms with Gasteiger partial charge >= 0.3 is 0 Å². The van der Waals surface area contributed by atoms with Crippen molar-refractivity contribution in [2.45, 2.75) is 182 Å². The molecule has 33 heavy (non-hydrogen) atoms. The Morgan fingerprint density at radius 3 is 1.00 bits per heavy atom. The van der Waals surface area contributed by atoms with Crippen LogP contribution in [-0.4, -0.2) is 34.6 Å². The van der Waals surface area contributed by atoms with E-state index < -0.39 is 0 Å². The molecule has 0 saturated carbocycles. The maximum absolute atomic E-state index is 9.92. The lowest BCUT2D eigenvalue weighted by atomic mass is 10.00. The molecule has 0 fully saturated rings. The molecule has 3 heteroatoms. The van der Waals surface area contributed by atoms with E-state index in [0.717, 1.165) is 25.7 Å². The van der Waals surface area contributed by atoms with Gasteiger partial charge in [0.05, 0.1) is 24.4 Å². The number of aliphatic hydroxyl groups is 2. The maximum atomic E-state index is 9.92. The van der Waals surface area contributed by atoms with Crippen LogP contribution in [-0.2, 0) is 4.74 Å². The lowest BCUT2D eigenvalue weighted by Gasteiger charge is -2.19. The predicted molar refractivity (Wildman–Crippen MR) is 145 cm³/mol. The quantitative estimate of drug-likeness (QED) is 0.138. The Labute approximate surface area is 208 Å². The molecule has 0 rings (SSSR count). The summed E-state index contributed by atoms with van der Waals surface area (Å²) >= 11 is 0. The second-order valence-corrected chi connectivity index (χ2v) is 11.7. The normalized spacial score (nSPS) is 15.8. The zero-order valence-electron chi connectivity index (χ0n) is 23.5. The van der Waals surface area contributed by atoms with E-state index in [9.17, 15) is 10.2 Å². The van der Waals surface area contributed by atoms with Crippen molar-refractivity contribution in [2.75, 3.05) is 0 Å². The summed E-state index contributed by atoms with van der Waals surface area (Å²) in [6.07, 6.45) is 22.1. The van der Waals surface area contributed by atoms with E-state index in [-0.39, 0.29) is 12.2 Å². The molecule has 0 saturated heterocycles. The molecule has 0 aromatic rings. The Hall–Kier alpha value is -0.120. The summed E-state index contributed by atoms with van der Waals surface area (Å²) in [5.74, 6) is 1.20. The maximum Gasteiger partial charge on any atom is 0.0550 e. The van der Waals surface area contributed by atoms with Gasteiger partial charge in [-0.2, -0.15) is 0 Å². The van der Waals surface area contributed by atoms with Crippen LogP contribution in [0.25, 0.3) is 0 Å². The highest BCUT2D eigenvalue weighted by Crippen LogP contribution is 2.17. The number of rotatable bonds is 24. The van der Waals surface area contributed by atoms with Crippen molar-refractivity contribution in [2.24, 2.45) is 11.8 Å². The Balaban J connectivity index is 3.43. The van der Waals surface area contributed by atoms with E-state index in [0.29, 0.717) is 24.0 Å². The van der Waals surface area contributed by atoms with Crippen LogP contribution in [0.2, 0.25) is 0 Å². The standard InChI is InChI=1S/C30H62O3/c1-25(2)23-29(31)21-17-13-9-7-11-15-19-27(5)33-28(6)20-16-12-8-10-14-18-22-30(32)24-26(3)4/h25-32H,7-24H2,1-6H3. The van der Waals surface area contributed by atoms with Gasteiger partial charge in [-0.25, -0.2) is 0 Å². The number of aliphatic hydroxyl groups excluding tert-OH is 2. The van der Waals surface area contributed by atoms with Crippen LogP contribution in [0.4, 0.5) is 0 Å². The van der Waals surface area contributed by atoms with Gasteiger partial charge in [0.15, 0.2) is 0 Å². The molecule has 0 bridgehead atoms. The SMILES string of the molecule is CC(C)CC(O)CCCCCCCCC(C)OC(C)CCCCCCCCC(O)CC(C)C. The molecule has 0 radical (unpaired) electrons. The third-order valence-electron chi connectivity index (χ3n) is 6.75. The molecule has 0 aliphatic carbocycles. The fraction of sp³-hybridized carbons (Fsp3) is 1.00. The molecule has 0 aliphatic rings. The van der Waals surface area contributed by atoms with Crippen LogP contribution < -0.4 is 0 Å². The van der Waals surface area contributed by atoms with Gasteiger partial charge in [0.25, 0.3) is 0 Å². The molecule has 0 aromatic heterocycles. The fourth-order valence-corrected chi connectivity index (χ4v) is 4.89. The first kappa shape index (κ1) is 32.9. The average Bonchev–Trinajstić information content (AvgIpc) is 2.70. The molecule has 2 N–H and O–H groups in total. The summed E-state index contributed by atoms with van der Waals surface area (Å²) in [7, 11) is 0. The van der Waals surface area contributed by atoms with Crippen molar-refractivity contribution in [1.29, 1.82) is 0 Å². The van der Waals surface area contributed by atoms with Gasteiger partial charge < -0.3 is 14.9 Å². The van der Waals surface area contributed by atoms with E-state index >= 15 is 0 Å². The molecular weight excluding hydrogens is 408 g/mol. The molecule has 0 amide bonds. The Kier molecular flexibility index (Phi) is 22.3. The average molecular weight is 471 g/mol. The molecule has 3 nitrogen and oxygen atoms in total. The van der Waals surface area contributed by atoms with Gasteiger partial charge in [0, 0.05) is 0 Å². The van der Waals surface area contributed by atoms with Crippen LogP contribution in [0.15, 0.2) is 0 Å². The van der Waals surface area contributed by atoms with Gasteiger partial charge in [-0.1, -0.05) is 105 Å². The number of ether oxygens (including phenoxy) is 1. The van der Waals surface area contributed by atoms with Gasteiger partial charge in [-0.05, 0) is 64.2 Å². The van der Waals surface area contributed by atoms with Crippen LogP contribution in [0, 0.1) is 11.8 Å². The molecule has 0 aliphatic heterocycles. The molecule has 0 spiro atoms. The van der Waals surface area contributed by atoms with Gasteiger partial charge in [-0.15, -0.1) is 0 Å². The Bertz CT molecular complexity index is 360. The zero-order valence-corrected chi connectivity index (χ0v) is 23.5. The highest BCUT2D eigenvalue weighted by Gasteiger charge is 2.09. The van der Waals surface area contributed by atoms with Gasteiger partial charge in [-0.3, -0.25) is 0 Å². The number of unbranched alkanes of at least 4 members (excludes halogenated alkanes) is 10. The van der Waals surface area contributed by atoms with Crippen LogP contribution in [0.3, 0.4) is 0 Å². The van der Waals surface area contributed by atoms with Crippen LogP contribution in [0.1, 0.15) is 157 Å². The lowest BCUT2D eigenvalue weighted by molar-refractivity contribution is -0.00233. The van der Waals surface area contributed by atoms with Crippen molar-refractivity contribution in [1.82, 2.24) is 0 Å². The minimum atomic E-state index is -0.0932. The number of hydrogen-bond donors (Lipinski definition) is 2. The third kappa shape index (κ3) is 24.8. The largest absolute Gasteiger partial charge is 0.393 e. The highest BCUT2D eigenvalue weighted by molar-refractivity contribution is 4.61. The van der Waals surface area contributed by atoms with E-state index in [4.69, 9.17) is 4.74 Å². The predicted octanol–water partition coefficient (Wildman–Crippen LogP) is 8.84. The summed E-state index contributed by atoms with van der Waals surface area (Å²) in [5, 5.41) is 19.8. The molecule has 4 atom stereocenters. The topological polar surface area (TPSA) is 49.7 Å². The molecular formula is C30H62O3. The molecule has 0 heterocycles. The Morgan fingerprint density at radius 1 is 0.424 bits per heavy atom. The molecule has 200 valence electrons. The fourth-order valence-electron chi connectivity index (χ4n) is 4.89. The van der Waals surface area contributed by atoms with Crippen LogP contribution in [0.5, 0.6) is 0 Å². The molecule has 4 unspecified atom stereocenters. The van der Waals surface area contributed by atoms with E-state index in [1.807, 2.05) is 0 Å². The van der Waals surface area contributed by atoms with E-state index in [2.05, 4.69) is 41.5 Å². The summed E-state index contributed by atoms with van der Waals surface area (Å²) < 4.78 is 6.20. The lowest BCUT2D eigenvalue weighted by Crippen LogP contribution is -2.17. The molecule has 0 aromatic carbocycles. The van der Waals surface area contributed by atoms with Crippen molar-refractivity contribution < 1.29 is 14.9 Å². The second kappa shape index (κ2) is 22.4. The highest BCUT2D eigenvalue weighted by atomic mass is 16.5. The summed E-state index contributed by atoms with van der Waals surface area (Å²) in [6.45, 7) is 13.2. The minimum Gasteiger partial charge on any atom is -0.393 e. The minimum absolute atomic E-state index is 0.0932. The summed E-state index contributed by atoms with van der Waals surface area (Å²) in [4.78, 5) is 0. The monoisotopic (exact) mass is 470 g/mol. The third-order valence-corrected chi connectivity index (χ3v) is 6.75. The Morgan fingerprint density at radius 2 is 0.697 bits per heavy atom. The van der Waals surface area contributed by atoms with E-state index in [1.54, 1.807) is 0 Å². The number of hydrogen-bond acceptors (Lipinski definition) is 3. The van der Waals surface area contributed by atoms with Crippen molar-refractivity contribution in [3.8, 4) is 0 Å². The van der Waals surface area contributed by atoms with Gasteiger partial charge in [0.1, 0.15) is 0 Å². The summed E-state index contributed by atoms with van der Waals surface area (Å²) in [5.41, 5.74) is 0. The van der Waals surface area contributed by atoms with E-state index in [1.165, 1.54) is 89.9 Å². The summed E-state index contributed by atoms with van der Waals surface area (Å²) in [6, 6.07) is 0.